The molecule has 3 heterocycles. The lowest BCUT2D eigenvalue weighted by Crippen LogP contribution is -2.30. The molecule has 0 radical (unpaired) electrons. The molecule has 0 aliphatic rings. The first kappa shape index (κ1) is 23.5. The summed E-state index contributed by atoms with van der Waals surface area (Å²) in [6.45, 7) is 11.1. The lowest BCUT2D eigenvalue weighted by atomic mass is 10.00. The van der Waals surface area contributed by atoms with Gasteiger partial charge in [0.25, 0.3) is 5.82 Å². The van der Waals surface area contributed by atoms with E-state index in [1.807, 2.05) is 0 Å². The van der Waals surface area contributed by atoms with Crippen LogP contribution in [-0.4, -0.2) is 9.55 Å². The fraction of sp³-hybridized carbons (Fsp3) is 0.273. The molecular formula is C33H34N3O+. The number of hydrogen-bond donors (Lipinski definition) is 0. The first-order valence-electron chi connectivity index (χ1n) is 13.3. The van der Waals surface area contributed by atoms with Gasteiger partial charge in [0.2, 0.25) is 5.71 Å². The van der Waals surface area contributed by atoms with Gasteiger partial charge in [-0.15, -0.1) is 0 Å². The van der Waals surface area contributed by atoms with Gasteiger partial charge in [-0.1, -0.05) is 70.2 Å². The Morgan fingerprint density at radius 3 is 2.38 bits per heavy atom. The highest BCUT2D eigenvalue weighted by atomic mass is 16.3. The Kier molecular flexibility index (Phi) is 5.63. The van der Waals surface area contributed by atoms with Crippen LogP contribution in [0.4, 0.5) is 0 Å². The second kappa shape index (κ2) is 8.88. The van der Waals surface area contributed by atoms with Crippen LogP contribution in [0.2, 0.25) is 0 Å². The lowest BCUT2D eigenvalue weighted by molar-refractivity contribution is -0.633. The summed E-state index contributed by atoms with van der Waals surface area (Å²) >= 11 is 0. The van der Waals surface area contributed by atoms with E-state index in [1.54, 1.807) is 0 Å². The highest BCUT2D eigenvalue weighted by Gasteiger charge is 2.31. The number of nitrogens with zero attached hydrogens (tertiary/aromatic N) is 3. The molecule has 6 aromatic rings. The van der Waals surface area contributed by atoms with Crippen LogP contribution in [0.1, 0.15) is 50.4 Å². The molecule has 37 heavy (non-hydrogen) atoms. The number of pyridine rings is 1. The first-order valence-corrected chi connectivity index (χ1v) is 13.3. The second-order valence-corrected chi connectivity index (χ2v) is 10.9. The van der Waals surface area contributed by atoms with Gasteiger partial charge in [-0.3, -0.25) is 0 Å². The Balaban J connectivity index is 1.72. The van der Waals surface area contributed by atoms with Gasteiger partial charge < -0.3 is 4.42 Å². The van der Waals surface area contributed by atoms with Crippen molar-refractivity contribution in [2.45, 2.75) is 47.0 Å². The van der Waals surface area contributed by atoms with E-state index in [0.29, 0.717) is 17.5 Å². The SMILES string of the molecule is Cc1ccc2c(oc3nc(CC(C)C)ccc32)c1-c1n(-c2ccccc2C(C)C)c2ccccc2[n+]1C. The molecule has 0 N–H and O–H groups in total. The molecule has 0 saturated carbocycles. The second-order valence-electron chi connectivity index (χ2n) is 10.9. The van der Waals surface area contributed by atoms with E-state index in [1.165, 1.54) is 27.8 Å². The van der Waals surface area contributed by atoms with Crippen molar-refractivity contribution in [1.29, 1.82) is 0 Å². The van der Waals surface area contributed by atoms with Gasteiger partial charge in [-0.25, -0.2) is 9.55 Å². The third-order valence-electron chi connectivity index (χ3n) is 7.43. The number of aryl methyl sites for hydroxylation is 2. The molecule has 0 spiro atoms. The Labute approximate surface area is 218 Å². The summed E-state index contributed by atoms with van der Waals surface area (Å²) in [6, 6.07) is 26.1. The molecule has 0 aliphatic heterocycles. The largest absolute Gasteiger partial charge is 0.437 e. The third-order valence-corrected chi connectivity index (χ3v) is 7.43. The van der Waals surface area contributed by atoms with E-state index in [9.17, 15) is 0 Å². The van der Waals surface area contributed by atoms with Gasteiger partial charge in [0.15, 0.2) is 16.6 Å². The number of hydrogen-bond acceptors (Lipinski definition) is 2. The Hall–Kier alpha value is -3.92. The average molecular weight is 489 g/mol. The van der Waals surface area contributed by atoms with Crippen LogP contribution in [-0.2, 0) is 13.5 Å². The lowest BCUT2D eigenvalue weighted by Gasteiger charge is -2.12. The van der Waals surface area contributed by atoms with Crippen molar-refractivity contribution in [2.75, 3.05) is 0 Å². The van der Waals surface area contributed by atoms with Crippen molar-refractivity contribution in [3.8, 4) is 17.1 Å². The maximum atomic E-state index is 6.62. The standard InChI is InChI=1S/C33H34N3O/c1-20(2)19-23-16-18-26-25-17-15-22(5)30(31(25)37-32(26)34-23)33-35(6)28-13-9-10-14-29(28)36(33)27-12-8-7-11-24(27)21(3)4/h7-18,20-21H,19H2,1-6H3/q+1. The predicted octanol–water partition coefficient (Wildman–Crippen LogP) is 8.05. The zero-order valence-corrected chi connectivity index (χ0v) is 22.5. The maximum absolute atomic E-state index is 6.62. The van der Waals surface area contributed by atoms with Crippen molar-refractivity contribution in [1.82, 2.24) is 9.55 Å². The van der Waals surface area contributed by atoms with Crippen molar-refractivity contribution < 1.29 is 8.98 Å². The van der Waals surface area contributed by atoms with Gasteiger partial charge in [0.05, 0.1) is 7.05 Å². The molecule has 0 aliphatic carbocycles. The monoisotopic (exact) mass is 488 g/mol. The van der Waals surface area contributed by atoms with E-state index in [0.717, 1.165) is 39.9 Å². The molecule has 6 rings (SSSR count). The highest BCUT2D eigenvalue weighted by Crippen LogP contribution is 2.39. The molecule has 4 nitrogen and oxygen atoms in total. The highest BCUT2D eigenvalue weighted by molar-refractivity contribution is 6.09. The molecule has 186 valence electrons. The van der Waals surface area contributed by atoms with E-state index < -0.39 is 0 Å². The molecule has 0 unspecified atom stereocenters. The van der Waals surface area contributed by atoms with Crippen LogP contribution in [0.15, 0.2) is 77.2 Å². The number of benzene rings is 3. The van der Waals surface area contributed by atoms with Gasteiger partial charge in [0.1, 0.15) is 11.3 Å². The molecule has 3 aromatic heterocycles. The predicted molar refractivity (Wildman–Crippen MR) is 152 cm³/mol. The number of furan rings is 1. The minimum absolute atomic E-state index is 0.391. The summed E-state index contributed by atoms with van der Waals surface area (Å²) in [5.41, 5.74) is 9.85. The molecule has 0 fully saturated rings. The molecule has 4 heteroatoms. The van der Waals surface area contributed by atoms with Crippen molar-refractivity contribution in [2.24, 2.45) is 13.0 Å². The van der Waals surface area contributed by atoms with Crippen molar-refractivity contribution in [3.05, 3.63) is 89.6 Å². The van der Waals surface area contributed by atoms with Gasteiger partial charge in [0, 0.05) is 22.0 Å². The van der Waals surface area contributed by atoms with E-state index in [2.05, 4.69) is 124 Å². The van der Waals surface area contributed by atoms with Crippen LogP contribution >= 0.6 is 0 Å². The molecular weight excluding hydrogens is 454 g/mol. The number of fused-ring (bicyclic) bond motifs is 4. The normalized spacial score (nSPS) is 12.1. The number of aromatic nitrogens is 3. The Morgan fingerprint density at radius 1 is 0.865 bits per heavy atom. The smallest absolute Gasteiger partial charge is 0.298 e. The molecule has 0 amide bonds. The maximum Gasteiger partial charge on any atom is 0.298 e. The fourth-order valence-corrected chi connectivity index (χ4v) is 5.69. The quantitative estimate of drug-likeness (QED) is 0.230. The van der Waals surface area contributed by atoms with Crippen LogP contribution in [0.25, 0.3) is 50.2 Å². The van der Waals surface area contributed by atoms with E-state index in [4.69, 9.17) is 9.40 Å². The summed E-state index contributed by atoms with van der Waals surface area (Å²) in [5, 5.41) is 2.17. The third kappa shape index (κ3) is 3.74. The van der Waals surface area contributed by atoms with Gasteiger partial charge in [-0.2, -0.15) is 4.57 Å². The minimum Gasteiger partial charge on any atom is -0.437 e. The van der Waals surface area contributed by atoms with Crippen LogP contribution in [0.5, 0.6) is 0 Å². The summed E-state index contributed by atoms with van der Waals surface area (Å²) in [5.74, 6) is 2.05. The molecule has 0 atom stereocenters. The molecule has 0 bridgehead atoms. The van der Waals surface area contributed by atoms with Crippen LogP contribution < -0.4 is 4.57 Å². The van der Waals surface area contributed by atoms with Gasteiger partial charge >= 0.3 is 0 Å². The summed E-state index contributed by atoms with van der Waals surface area (Å²) in [6.07, 6.45) is 0.939. The summed E-state index contributed by atoms with van der Waals surface area (Å²) < 4.78 is 11.3. The van der Waals surface area contributed by atoms with Gasteiger partial charge in [-0.05, 0) is 61.1 Å². The van der Waals surface area contributed by atoms with Crippen LogP contribution in [0.3, 0.4) is 0 Å². The molecule has 3 aromatic carbocycles. The summed E-state index contributed by atoms with van der Waals surface area (Å²) in [7, 11) is 2.16. The zero-order chi connectivity index (χ0) is 25.8. The first-order chi connectivity index (χ1) is 17.8. The average Bonchev–Trinajstić information content (AvgIpc) is 3.38. The number of para-hydroxylation sites is 3. The van der Waals surface area contributed by atoms with E-state index in [-0.39, 0.29) is 0 Å². The number of imidazole rings is 1. The number of rotatable bonds is 5. The zero-order valence-electron chi connectivity index (χ0n) is 22.5. The topological polar surface area (TPSA) is 34.8 Å². The van der Waals surface area contributed by atoms with Crippen molar-refractivity contribution in [3.63, 3.8) is 0 Å². The minimum atomic E-state index is 0.391. The summed E-state index contributed by atoms with van der Waals surface area (Å²) in [4.78, 5) is 4.92. The van der Waals surface area contributed by atoms with Crippen molar-refractivity contribution >= 4 is 33.1 Å². The fourth-order valence-electron chi connectivity index (χ4n) is 5.69. The van der Waals surface area contributed by atoms with Crippen LogP contribution in [0, 0.1) is 12.8 Å². The Morgan fingerprint density at radius 2 is 1.59 bits per heavy atom. The Bertz CT molecular complexity index is 1780. The molecule has 0 saturated heterocycles. The van der Waals surface area contributed by atoms with E-state index >= 15 is 0 Å².